The van der Waals surface area contributed by atoms with Crippen LogP contribution in [0.25, 0.3) is 6.08 Å². The van der Waals surface area contributed by atoms with Gasteiger partial charge in [0.25, 0.3) is 11.8 Å². The molecule has 34 heavy (non-hydrogen) atoms. The Morgan fingerprint density at radius 2 is 2.09 bits per heavy atom. The molecule has 1 spiro atoms. The number of hydrogen-bond donors (Lipinski definition) is 1. The number of hydroxylamine groups is 1. The van der Waals surface area contributed by atoms with Gasteiger partial charge in [-0.3, -0.25) is 9.59 Å². The van der Waals surface area contributed by atoms with Gasteiger partial charge in [0.2, 0.25) is 0 Å². The molecule has 1 aromatic rings. The molecule has 0 aromatic heterocycles. The van der Waals surface area contributed by atoms with E-state index in [-0.39, 0.29) is 11.8 Å². The van der Waals surface area contributed by atoms with Crippen molar-refractivity contribution in [1.29, 1.82) is 0 Å². The number of amides is 2. The van der Waals surface area contributed by atoms with Crippen LogP contribution >= 0.6 is 0 Å². The van der Waals surface area contributed by atoms with Crippen molar-refractivity contribution in [3.05, 3.63) is 35.4 Å². The Bertz CT molecular complexity index is 888. The van der Waals surface area contributed by atoms with E-state index in [4.69, 9.17) is 14.3 Å². The quantitative estimate of drug-likeness (QED) is 0.460. The highest BCUT2D eigenvalue weighted by molar-refractivity contribution is 5.99. The predicted molar refractivity (Wildman–Crippen MR) is 129 cm³/mol. The van der Waals surface area contributed by atoms with E-state index in [0.29, 0.717) is 24.5 Å². The normalized spacial score (nSPS) is 22.6. The molecule has 3 heterocycles. The second kappa shape index (κ2) is 11.3. The second-order valence-corrected chi connectivity index (χ2v) is 9.26. The first-order chi connectivity index (χ1) is 16.5. The van der Waals surface area contributed by atoms with Crippen LogP contribution in [-0.4, -0.2) is 66.4 Å². The van der Waals surface area contributed by atoms with Crippen molar-refractivity contribution in [3.8, 4) is 5.75 Å². The highest BCUT2D eigenvalue weighted by Gasteiger charge is 2.48. The van der Waals surface area contributed by atoms with Crippen LogP contribution in [0.2, 0.25) is 0 Å². The number of ether oxygens (including phenoxy) is 2. The zero-order valence-corrected chi connectivity index (χ0v) is 20.4. The molecule has 2 amide bonds. The standard InChI is InChI=1S/C26H37N3O5/c1-3-5-15-29-25(31)21-19-20(10-12-23(30)27-34-24-8-6-7-18-32-24)9-11-22(21)33-26(29)13-16-28(4-2)17-14-26/h9-12,19,24H,3-8,13-18H2,1-2H3,(H,27,30)/b12-10+. The van der Waals surface area contributed by atoms with Crippen molar-refractivity contribution in [2.45, 2.75) is 70.8 Å². The number of carbonyl (C=O) groups is 2. The summed E-state index contributed by atoms with van der Waals surface area (Å²) in [7, 11) is 0. The Labute approximate surface area is 202 Å². The minimum atomic E-state index is -0.569. The number of nitrogens with one attached hydrogen (secondary N) is 1. The summed E-state index contributed by atoms with van der Waals surface area (Å²) in [5.41, 5.74) is 3.15. The molecule has 0 radical (unpaired) electrons. The Hall–Kier alpha value is -2.42. The van der Waals surface area contributed by atoms with Crippen molar-refractivity contribution >= 4 is 17.9 Å². The Morgan fingerprint density at radius 3 is 2.79 bits per heavy atom. The fraction of sp³-hybridized carbons (Fsp3) is 0.615. The summed E-state index contributed by atoms with van der Waals surface area (Å²) in [6.45, 7) is 8.49. The van der Waals surface area contributed by atoms with Gasteiger partial charge in [-0.15, -0.1) is 0 Å². The molecule has 8 nitrogen and oxygen atoms in total. The molecular weight excluding hydrogens is 434 g/mol. The first-order valence-electron chi connectivity index (χ1n) is 12.7. The van der Waals surface area contributed by atoms with Gasteiger partial charge in [0, 0.05) is 51.6 Å². The highest BCUT2D eigenvalue weighted by atomic mass is 16.8. The predicted octanol–water partition coefficient (Wildman–Crippen LogP) is 3.72. The van der Waals surface area contributed by atoms with E-state index >= 15 is 0 Å². The summed E-state index contributed by atoms with van der Waals surface area (Å²) in [4.78, 5) is 35.4. The van der Waals surface area contributed by atoms with Crippen molar-refractivity contribution in [2.24, 2.45) is 0 Å². The molecule has 3 aliphatic heterocycles. The average Bonchev–Trinajstić information content (AvgIpc) is 2.87. The summed E-state index contributed by atoms with van der Waals surface area (Å²) in [6.07, 6.45) is 9.05. The zero-order valence-electron chi connectivity index (χ0n) is 20.4. The van der Waals surface area contributed by atoms with Gasteiger partial charge in [-0.05, 0) is 49.6 Å². The van der Waals surface area contributed by atoms with Crippen molar-refractivity contribution in [3.63, 3.8) is 0 Å². The summed E-state index contributed by atoms with van der Waals surface area (Å²) in [5.74, 6) is 0.264. The Kier molecular flexibility index (Phi) is 8.24. The van der Waals surface area contributed by atoms with E-state index < -0.39 is 12.0 Å². The minimum absolute atomic E-state index is 0.0112. The topological polar surface area (TPSA) is 80.3 Å². The van der Waals surface area contributed by atoms with Gasteiger partial charge in [0.15, 0.2) is 12.0 Å². The summed E-state index contributed by atoms with van der Waals surface area (Å²) in [6, 6.07) is 5.53. The lowest BCUT2D eigenvalue weighted by Crippen LogP contribution is -2.63. The third-order valence-electron chi connectivity index (χ3n) is 6.95. The van der Waals surface area contributed by atoms with Gasteiger partial charge >= 0.3 is 0 Å². The molecule has 186 valence electrons. The third kappa shape index (κ3) is 5.62. The van der Waals surface area contributed by atoms with Crippen LogP contribution in [0.3, 0.4) is 0 Å². The monoisotopic (exact) mass is 471 g/mol. The average molecular weight is 472 g/mol. The summed E-state index contributed by atoms with van der Waals surface area (Å²) < 4.78 is 12.0. The fourth-order valence-electron chi connectivity index (χ4n) is 4.84. The smallest absolute Gasteiger partial charge is 0.267 e. The number of piperidine rings is 1. The maximum Gasteiger partial charge on any atom is 0.267 e. The van der Waals surface area contributed by atoms with Crippen LogP contribution in [0.15, 0.2) is 24.3 Å². The number of hydrogen-bond acceptors (Lipinski definition) is 6. The first kappa shape index (κ1) is 24.7. The molecule has 2 fully saturated rings. The molecular formula is C26H37N3O5. The van der Waals surface area contributed by atoms with Crippen molar-refractivity contribution in [2.75, 3.05) is 32.8 Å². The lowest BCUT2D eigenvalue weighted by molar-refractivity contribution is -0.198. The largest absolute Gasteiger partial charge is 0.467 e. The van der Waals surface area contributed by atoms with Gasteiger partial charge in [0.05, 0.1) is 5.56 Å². The van der Waals surface area contributed by atoms with Crippen LogP contribution in [0.5, 0.6) is 5.75 Å². The van der Waals surface area contributed by atoms with E-state index in [9.17, 15) is 9.59 Å². The van der Waals surface area contributed by atoms with Crippen LogP contribution < -0.4 is 10.2 Å². The van der Waals surface area contributed by atoms with Crippen LogP contribution in [0, 0.1) is 0 Å². The molecule has 1 N–H and O–H groups in total. The maximum absolute atomic E-state index is 13.6. The SMILES string of the molecule is CCCCN1C(=O)c2cc(/C=C/C(=O)NOC3CCCCO3)ccc2OC12CCN(CC)CC2. The zero-order chi connectivity index (χ0) is 24.0. The number of carbonyl (C=O) groups excluding carboxylic acids is 2. The van der Waals surface area contributed by atoms with Gasteiger partial charge in [-0.1, -0.05) is 26.3 Å². The molecule has 0 bridgehead atoms. The van der Waals surface area contributed by atoms with E-state index in [1.54, 1.807) is 12.1 Å². The van der Waals surface area contributed by atoms with E-state index in [2.05, 4.69) is 24.2 Å². The fourth-order valence-corrected chi connectivity index (χ4v) is 4.84. The van der Waals surface area contributed by atoms with Gasteiger partial charge < -0.3 is 19.3 Å². The van der Waals surface area contributed by atoms with Crippen molar-refractivity contribution in [1.82, 2.24) is 15.3 Å². The molecule has 1 aromatic carbocycles. The second-order valence-electron chi connectivity index (χ2n) is 9.26. The van der Waals surface area contributed by atoms with Crippen LogP contribution in [-0.2, 0) is 14.4 Å². The molecule has 2 saturated heterocycles. The van der Waals surface area contributed by atoms with Gasteiger partial charge in [0.1, 0.15) is 5.75 Å². The summed E-state index contributed by atoms with van der Waals surface area (Å²) in [5, 5.41) is 0. The van der Waals surface area contributed by atoms with Crippen molar-refractivity contribution < 1.29 is 23.9 Å². The molecule has 0 aliphatic carbocycles. The first-order valence-corrected chi connectivity index (χ1v) is 12.7. The lowest BCUT2D eigenvalue weighted by Gasteiger charge is -2.51. The van der Waals surface area contributed by atoms with E-state index in [0.717, 1.165) is 70.1 Å². The minimum Gasteiger partial charge on any atom is -0.467 e. The number of rotatable bonds is 8. The highest BCUT2D eigenvalue weighted by Crippen LogP contribution is 2.40. The van der Waals surface area contributed by atoms with Crippen LogP contribution in [0.1, 0.15) is 74.7 Å². The third-order valence-corrected chi connectivity index (χ3v) is 6.95. The Morgan fingerprint density at radius 1 is 1.26 bits per heavy atom. The number of likely N-dealkylation sites (tertiary alicyclic amines) is 1. The molecule has 1 atom stereocenters. The van der Waals surface area contributed by atoms with Crippen LogP contribution in [0.4, 0.5) is 0 Å². The molecule has 0 saturated carbocycles. The molecule has 8 heteroatoms. The van der Waals surface area contributed by atoms with E-state index in [1.165, 1.54) is 6.08 Å². The molecule has 4 rings (SSSR count). The number of nitrogens with zero attached hydrogens (tertiary/aromatic N) is 2. The molecule has 1 unspecified atom stereocenters. The number of unbranched alkanes of at least 4 members (excludes halogenated alkanes) is 1. The van der Waals surface area contributed by atoms with E-state index in [1.807, 2.05) is 17.0 Å². The Balaban J connectivity index is 1.45. The molecule has 3 aliphatic rings. The maximum atomic E-state index is 13.6. The number of fused-ring (bicyclic) bond motifs is 1. The lowest BCUT2D eigenvalue weighted by atomic mass is 9.93. The number of benzene rings is 1. The van der Waals surface area contributed by atoms with Gasteiger partial charge in [-0.25, -0.2) is 10.3 Å². The summed E-state index contributed by atoms with van der Waals surface area (Å²) >= 11 is 0. The van der Waals surface area contributed by atoms with Gasteiger partial charge in [-0.2, -0.15) is 0 Å².